The fraction of sp³-hybridized carbons (Fsp3) is 0.438. The van der Waals surface area contributed by atoms with Gasteiger partial charge in [0.05, 0.1) is 30.1 Å². The SMILES string of the molecule is CO[C@@H]1C[C@@H](COc2cccnc2)N(C(=O)c2cnn(C)c2)C1. The number of nitrogens with zero attached hydrogens (tertiary/aromatic N) is 4. The number of rotatable bonds is 5. The normalized spacial score (nSPS) is 20.7. The Morgan fingerprint density at radius 2 is 2.30 bits per heavy atom. The molecule has 2 atom stereocenters. The number of ether oxygens (including phenoxy) is 2. The zero-order valence-electron chi connectivity index (χ0n) is 13.3. The quantitative estimate of drug-likeness (QED) is 0.827. The van der Waals surface area contributed by atoms with Gasteiger partial charge in [0.1, 0.15) is 12.4 Å². The fourth-order valence-corrected chi connectivity index (χ4v) is 2.77. The molecule has 3 heterocycles. The first-order valence-corrected chi connectivity index (χ1v) is 7.52. The Hall–Kier alpha value is -2.41. The third-order valence-electron chi connectivity index (χ3n) is 4.00. The van der Waals surface area contributed by atoms with Crippen LogP contribution in [0.3, 0.4) is 0 Å². The van der Waals surface area contributed by atoms with E-state index >= 15 is 0 Å². The van der Waals surface area contributed by atoms with Gasteiger partial charge in [0, 0.05) is 33.1 Å². The lowest BCUT2D eigenvalue weighted by molar-refractivity contribution is 0.0658. The van der Waals surface area contributed by atoms with E-state index in [4.69, 9.17) is 9.47 Å². The maximum atomic E-state index is 12.7. The largest absolute Gasteiger partial charge is 0.490 e. The van der Waals surface area contributed by atoms with E-state index in [-0.39, 0.29) is 18.1 Å². The van der Waals surface area contributed by atoms with Crippen LogP contribution in [0, 0.1) is 0 Å². The van der Waals surface area contributed by atoms with Gasteiger partial charge in [-0.05, 0) is 18.6 Å². The molecule has 122 valence electrons. The molecule has 1 amide bonds. The molecule has 0 N–H and O–H groups in total. The topological polar surface area (TPSA) is 69.5 Å². The van der Waals surface area contributed by atoms with E-state index in [2.05, 4.69) is 10.1 Å². The molecule has 1 saturated heterocycles. The van der Waals surface area contributed by atoms with Crippen molar-refractivity contribution in [2.24, 2.45) is 7.05 Å². The molecular weight excluding hydrogens is 296 g/mol. The predicted octanol–water partition coefficient (Wildman–Crippen LogP) is 1.12. The van der Waals surface area contributed by atoms with Crippen LogP contribution >= 0.6 is 0 Å². The van der Waals surface area contributed by atoms with Gasteiger partial charge in [-0.25, -0.2) is 0 Å². The van der Waals surface area contributed by atoms with Crippen molar-refractivity contribution in [1.82, 2.24) is 19.7 Å². The van der Waals surface area contributed by atoms with Gasteiger partial charge in [-0.3, -0.25) is 14.5 Å². The summed E-state index contributed by atoms with van der Waals surface area (Å²) in [6, 6.07) is 3.64. The molecule has 3 rings (SSSR count). The lowest BCUT2D eigenvalue weighted by Gasteiger charge is -2.24. The van der Waals surface area contributed by atoms with E-state index in [0.29, 0.717) is 24.5 Å². The van der Waals surface area contributed by atoms with Gasteiger partial charge < -0.3 is 14.4 Å². The number of methoxy groups -OCH3 is 1. The minimum Gasteiger partial charge on any atom is -0.490 e. The van der Waals surface area contributed by atoms with Crippen molar-refractivity contribution >= 4 is 5.91 Å². The molecule has 0 radical (unpaired) electrons. The highest BCUT2D eigenvalue weighted by Gasteiger charge is 2.36. The van der Waals surface area contributed by atoms with Crippen LogP contribution in [0.25, 0.3) is 0 Å². The second-order valence-corrected chi connectivity index (χ2v) is 5.61. The Bertz CT molecular complexity index is 658. The van der Waals surface area contributed by atoms with Crippen LogP contribution in [0.2, 0.25) is 0 Å². The first-order valence-electron chi connectivity index (χ1n) is 7.52. The van der Waals surface area contributed by atoms with E-state index in [9.17, 15) is 4.79 Å². The van der Waals surface area contributed by atoms with Gasteiger partial charge in [-0.2, -0.15) is 5.10 Å². The van der Waals surface area contributed by atoms with Gasteiger partial charge in [-0.15, -0.1) is 0 Å². The van der Waals surface area contributed by atoms with E-state index in [0.717, 1.165) is 6.42 Å². The van der Waals surface area contributed by atoms with Gasteiger partial charge >= 0.3 is 0 Å². The van der Waals surface area contributed by atoms with Gasteiger partial charge in [-0.1, -0.05) is 0 Å². The lowest BCUT2D eigenvalue weighted by Crippen LogP contribution is -2.39. The third kappa shape index (κ3) is 3.50. The van der Waals surface area contributed by atoms with Gasteiger partial charge in [0.2, 0.25) is 0 Å². The van der Waals surface area contributed by atoms with E-state index in [1.807, 2.05) is 17.0 Å². The van der Waals surface area contributed by atoms with E-state index in [1.165, 1.54) is 0 Å². The van der Waals surface area contributed by atoms with Crippen LogP contribution in [-0.2, 0) is 11.8 Å². The molecule has 1 fully saturated rings. The third-order valence-corrected chi connectivity index (χ3v) is 4.00. The van der Waals surface area contributed by atoms with Crippen LogP contribution < -0.4 is 4.74 Å². The number of hydrogen-bond donors (Lipinski definition) is 0. The second-order valence-electron chi connectivity index (χ2n) is 5.61. The van der Waals surface area contributed by atoms with Crippen molar-refractivity contribution in [1.29, 1.82) is 0 Å². The summed E-state index contributed by atoms with van der Waals surface area (Å²) in [5.74, 6) is 0.652. The predicted molar refractivity (Wildman–Crippen MR) is 83.2 cm³/mol. The van der Waals surface area contributed by atoms with Crippen molar-refractivity contribution in [3.8, 4) is 5.75 Å². The van der Waals surface area contributed by atoms with Crippen LogP contribution in [0.5, 0.6) is 5.75 Å². The molecule has 23 heavy (non-hydrogen) atoms. The van der Waals surface area contributed by atoms with E-state index < -0.39 is 0 Å². The second kappa shape index (κ2) is 6.78. The molecule has 2 aromatic rings. The van der Waals surface area contributed by atoms with Crippen molar-refractivity contribution < 1.29 is 14.3 Å². The lowest BCUT2D eigenvalue weighted by atomic mass is 10.2. The molecule has 0 bridgehead atoms. The zero-order valence-corrected chi connectivity index (χ0v) is 13.3. The summed E-state index contributed by atoms with van der Waals surface area (Å²) in [5, 5.41) is 4.07. The van der Waals surface area contributed by atoms with Crippen LogP contribution in [0.4, 0.5) is 0 Å². The zero-order chi connectivity index (χ0) is 16.2. The Balaban J connectivity index is 1.70. The number of pyridine rings is 1. The smallest absolute Gasteiger partial charge is 0.257 e. The molecular formula is C16H20N4O3. The van der Waals surface area contributed by atoms with Crippen molar-refractivity contribution in [3.63, 3.8) is 0 Å². The Labute approximate surface area is 134 Å². The van der Waals surface area contributed by atoms with Gasteiger partial charge in [0.15, 0.2) is 0 Å². The van der Waals surface area contributed by atoms with Crippen LogP contribution in [0.1, 0.15) is 16.8 Å². The molecule has 0 spiro atoms. The maximum Gasteiger partial charge on any atom is 0.257 e. The molecule has 0 aromatic carbocycles. The first kappa shape index (κ1) is 15.5. The monoisotopic (exact) mass is 316 g/mol. The molecule has 0 aliphatic carbocycles. The number of carbonyl (C=O) groups is 1. The highest BCUT2D eigenvalue weighted by Crippen LogP contribution is 2.23. The number of likely N-dealkylation sites (tertiary alicyclic amines) is 1. The average molecular weight is 316 g/mol. The van der Waals surface area contributed by atoms with Gasteiger partial charge in [0.25, 0.3) is 5.91 Å². The molecule has 0 saturated carbocycles. The Morgan fingerprint density at radius 1 is 1.43 bits per heavy atom. The molecule has 7 nitrogen and oxygen atoms in total. The maximum absolute atomic E-state index is 12.7. The summed E-state index contributed by atoms with van der Waals surface area (Å²) in [4.78, 5) is 18.5. The number of hydrogen-bond acceptors (Lipinski definition) is 5. The Morgan fingerprint density at radius 3 is 2.96 bits per heavy atom. The highest BCUT2D eigenvalue weighted by atomic mass is 16.5. The minimum absolute atomic E-state index is 0.0260. The van der Waals surface area contributed by atoms with Crippen molar-refractivity contribution in [3.05, 3.63) is 42.5 Å². The minimum atomic E-state index is -0.0440. The van der Waals surface area contributed by atoms with Crippen LogP contribution in [-0.4, -0.2) is 58.0 Å². The first-order chi connectivity index (χ1) is 11.2. The number of aryl methyl sites for hydroxylation is 1. The van der Waals surface area contributed by atoms with Crippen LogP contribution in [0.15, 0.2) is 36.9 Å². The fourth-order valence-electron chi connectivity index (χ4n) is 2.77. The standard InChI is InChI=1S/C16H20N4O3/c1-19-9-12(7-18-19)16(21)20-10-15(22-2)6-13(20)11-23-14-4-3-5-17-8-14/h3-5,7-9,13,15H,6,10-11H2,1-2H3/t13-,15+/m0/s1. The average Bonchev–Trinajstić information content (AvgIpc) is 3.19. The highest BCUT2D eigenvalue weighted by molar-refractivity contribution is 5.94. The molecule has 0 unspecified atom stereocenters. The van der Waals surface area contributed by atoms with E-state index in [1.54, 1.807) is 43.6 Å². The molecule has 1 aliphatic heterocycles. The summed E-state index contributed by atoms with van der Waals surface area (Å²) >= 11 is 0. The number of aromatic nitrogens is 3. The summed E-state index contributed by atoms with van der Waals surface area (Å²) in [7, 11) is 3.46. The summed E-state index contributed by atoms with van der Waals surface area (Å²) < 4.78 is 12.8. The molecule has 7 heteroatoms. The number of amides is 1. The molecule has 2 aromatic heterocycles. The summed E-state index contributed by atoms with van der Waals surface area (Å²) in [6.45, 7) is 0.975. The number of carbonyl (C=O) groups excluding carboxylic acids is 1. The van der Waals surface area contributed by atoms with Crippen molar-refractivity contribution in [2.75, 3.05) is 20.3 Å². The Kier molecular flexibility index (Phi) is 4.57. The summed E-state index contributed by atoms with van der Waals surface area (Å²) in [6.07, 6.45) is 7.45. The summed E-state index contributed by atoms with van der Waals surface area (Å²) in [5.41, 5.74) is 0.579. The van der Waals surface area contributed by atoms with Crippen molar-refractivity contribution in [2.45, 2.75) is 18.6 Å². The molecule has 1 aliphatic rings.